The standard InChI is InChI=1S/C23H28N4O3/c28-23(24-20-12-13-25(17-20)16-18-6-2-1-3-7-18)19-10-14-26(15-11-19)21-8-4-5-9-22(21)27(29)30/h1-9,19-20H,10-17H2,(H,24,28). The first-order chi connectivity index (χ1) is 14.6. The van der Waals surface area contributed by atoms with Gasteiger partial charge in [0.2, 0.25) is 5.91 Å². The van der Waals surface area contributed by atoms with Crippen molar-refractivity contribution < 1.29 is 9.72 Å². The highest BCUT2D eigenvalue weighted by Gasteiger charge is 2.30. The molecule has 7 heteroatoms. The summed E-state index contributed by atoms with van der Waals surface area (Å²) < 4.78 is 0. The van der Waals surface area contributed by atoms with Gasteiger partial charge in [-0.3, -0.25) is 19.8 Å². The van der Waals surface area contributed by atoms with Gasteiger partial charge in [0.05, 0.1) is 4.92 Å². The number of carbonyl (C=O) groups excluding carboxylic acids is 1. The summed E-state index contributed by atoms with van der Waals surface area (Å²) >= 11 is 0. The number of nitro groups is 1. The molecule has 2 aliphatic heterocycles. The topological polar surface area (TPSA) is 78.7 Å². The first-order valence-electron chi connectivity index (χ1n) is 10.6. The summed E-state index contributed by atoms with van der Waals surface area (Å²) in [7, 11) is 0. The molecule has 7 nitrogen and oxygen atoms in total. The highest BCUT2D eigenvalue weighted by Crippen LogP contribution is 2.31. The van der Waals surface area contributed by atoms with Crippen LogP contribution in [0.3, 0.4) is 0 Å². The van der Waals surface area contributed by atoms with Crippen LogP contribution in [0.1, 0.15) is 24.8 Å². The number of benzene rings is 2. The highest BCUT2D eigenvalue weighted by molar-refractivity contribution is 5.79. The van der Waals surface area contributed by atoms with Crippen molar-refractivity contribution in [2.45, 2.75) is 31.8 Å². The molecule has 1 unspecified atom stereocenters. The van der Waals surface area contributed by atoms with Crippen LogP contribution in [0.4, 0.5) is 11.4 Å². The summed E-state index contributed by atoms with van der Waals surface area (Å²) in [6, 6.07) is 17.4. The van der Waals surface area contributed by atoms with Crippen LogP contribution in [-0.4, -0.2) is 48.0 Å². The van der Waals surface area contributed by atoms with Crippen molar-refractivity contribution in [3.05, 3.63) is 70.3 Å². The third-order valence-electron chi connectivity index (χ3n) is 6.15. The van der Waals surface area contributed by atoms with Gasteiger partial charge in [-0.25, -0.2) is 0 Å². The molecule has 2 fully saturated rings. The maximum Gasteiger partial charge on any atom is 0.292 e. The van der Waals surface area contributed by atoms with Gasteiger partial charge in [0, 0.05) is 50.7 Å². The minimum Gasteiger partial charge on any atom is -0.366 e. The van der Waals surface area contributed by atoms with Gasteiger partial charge in [0.15, 0.2) is 0 Å². The molecule has 0 spiro atoms. The molecule has 2 aromatic rings. The van der Waals surface area contributed by atoms with E-state index in [-0.39, 0.29) is 28.5 Å². The van der Waals surface area contributed by atoms with E-state index < -0.39 is 0 Å². The quantitative estimate of drug-likeness (QED) is 0.587. The number of hydrogen-bond acceptors (Lipinski definition) is 5. The molecule has 2 aliphatic rings. The van der Waals surface area contributed by atoms with Crippen molar-refractivity contribution in [1.29, 1.82) is 0 Å². The Morgan fingerprint density at radius 3 is 2.43 bits per heavy atom. The Balaban J connectivity index is 1.26. The molecule has 0 aliphatic carbocycles. The lowest BCUT2D eigenvalue weighted by molar-refractivity contribution is -0.384. The van der Waals surface area contributed by atoms with Gasteiger partial charge in [-0.1, -0.05) is 42.5 Å². The lowest BCUT2D eigenvalue weighted by atomic mass is 9.95. The van der Waals surface area contributed by atoms with E-state index in [4.69, 9.17) is 0 Å². The summed E-state index contributed by atoms with van der Waals surface area (Å²) in [5.74, 6) is 0.107. The molecule has 1 atom stereocenters. The second-order valence-electron chi connectivity index (χ2n) is 8.22. The van der Waals surface area contributed by atoms with Gasteiger partial charge in [-0.2, -0.15) is 0 Å². The molecule has 2 saturated heterocycles. The summed E-state index contributed by atoms with van der Waals surface area (Å²) in [4.78, 5) is 28.1. The van der Waals surface area contributed by atoms with Crippen LogP contribution in [0.25, 0.3) is 0 Å². The van der Waals surface area contributed by atoms with Crippen LogP contribution in [0.2, 0.25) is 0 Å². The van der Waals surface area contributed by atoms with Crippen LogP contribution in [0.5, 0.6) is 0 Å². The zero-order valence-corrected chi connectivity index (χ0v) is 17.1. The van der Waals surface area contributed by atoms with Crippen LogP contribution in [0, 0.1) is 16.0 Å². The first kappa shape index (κ1) is 20.3. The van der Waals surface area contributed by atoms with Crippen LogP contribution in [0.15, 0.2) is 54.6 Å². The summed E-state index contributed by atoms with van der Waals surface area (Å²) in [5.41, 5.74) is 2.07. The number of amides is 1. The molecule has 0 bridgehead atoms. The second kappa shape index (κ2) is 9.26. The molecule has 2 aromatic carbocycles. The summed E-state index contributed by atoms with van der Waals surface area (Å²) in [5, 5.41) is 14.5. The smallest absolute Gasteiger partial charge is 0.292 e. The molecule has 4 rings (SSSR count). The van der Waals surface area contributed by atoms with Crippen molar-refractivity contribution in [2.24, 2.45) is 5.92 Å². The zero-order valence-electron chi connectivity index (χ0n) is 17.1. The SMILES string of the molecule is O=C(NC1CCN(Cc2ccccc2)C1)C1CCN(c2ccccc2[N+](=O)[O-])CC1. The molecule has 1 N–H and O–H groups in total. The number of hydrogen-bond donors (Lipinski definition) is 1. The van der Waals surface area contributed by atoms with E-state index in [1.165, 1.54) is 11.6 Å². The minimum atomic E-state index is -0.338. The lowest BCUT2D eigenvalue weighted by Gasteiger charge is -2.33. The molecule has 158 valence electrons. The van der Waals surface area contributed by atoms with Gasteiger partial charge in [0.25, 0.3) is 5.69 Å². The molecular weight excluding hydrogens is 380 g/mol. The summed E-state index contributed by atoms with van der Waals surface area (Å²) in [6.07, 6.45) is 2.42. The second-order valence-corrected chi connectivity index (χ2v) is 8.22. The highest BCUT2D eigenvalue weighted by atomic mass is 16.6. The molecular formula is C23H28N4O3. The number of para-hydroxylation sites is 2. The Labute approximate surface area is 176 Å². The fraction of sp³-hybridized carbons (Fsp3) is 0.435. The maximum atomic E-state index is 12.8. The Morgan fingerprint density at radius 1 is 1.00 bits per heavy atom. The fourth-order valence-corrected chi connectivity index (χ4v) is 4.52. The number of rotatable bonds is 6. The van der Waals surface area contributed by atoms with E-state index in [9.17, 15) is 14.9 Å². The predicted molar refractivity (Wildman–Crippen MR) is 116 cm³/mol. The number of nitro benzene ring substituents is 1. The van der Waals surface area contributed by atoms with Crippen molar-refractivity contribution >= 4 is 17.3 Å². The van der Waals surface area contributed by atoms with Crippen molar-refractivity contribution in [3.63, 3.8) is 0 Å². The van der Waals surface area contributed by atoms with Crippen LogP contribution in [-0.2, 0) is 11.3 Å². The van der Waals surface area contributed by atoms with Crippen molar-refractivity contribution in [3.8, 4) is 0 Å². The van der Waals surface area contributed by atoms with E-state index in [0.29, 0.717) is 18.8 Å². The molecule has 2 heterocycles. The van der Waals surface area contributed by atoms with Crippen LogP contribution < -0.4 is 10.2 Å². The first-order valence-corrected chi connectivity index (χ1v) is 10.6. The molecule has 0 aromatic heterocycles. The lowest BCUT2D eigenvalue weighted by Crippen LogP contribution is -2.44. The number of nitrogens with one attached hydrogen (secondary N) is 1. The third-order valence-corrected chi connectivity index (χ3v) is 6.15. The zero-order chi connectivity index (χ0) is 20.9. The average Bonchev–Trinajstić information content (AvgIpc) is 3.21. The van der Waals surface area contributed by atoms with Gasteiger partial charge < -0.3 is 10.2 Å². The maximum absolute atomic E-state index is 12.8. The fourth-order valence-electron chi connectivity index (χ4n) is 4.52. The van der Waals surface area contributed by atoms with Gasteiger partial charge in [-0.05, 0) is 30.9 Å². The molecule has 30 heavy (non-hydrogen) atoms. The van der Waals surface area contributed by atoms with E-state index >= 15 is 0 Å². The van der Waals surface area contributed by atoms with Crippen molar-refractivity contribution in [2.75, 3.05) is 31.1 Å². The average molecular weight is 409 g/mol. The number of piperidine rings is 1. The van der Waals surface area contributed by atoms with E-state index in [1.807, 2.05) is 17.0 Å². The Hall–Kier alpha value is -2.93. The monoisotopic (exact) mass is 408 g/mol. The summed E-state index contributed by atoms with van der Waals surface area (Å²) in [6.45, 7) is 4.12. The van der Waals surface area contributed by atoms with Gasteiger partial charge >= 0.3 is 0 Å². The van der Waals surface area contributed by atoms with Crippen LogP contribution >= 0.6 is 0 Å². The van der Waals surface area contributed by atoms with E-state index in [0.717, 1.165) is 38.9 Å². The number of nitrogens with zero attached hydrogens (tertiary/aromatic N) is 3. The Morgan fingerprint density at radius 2 is 1.70 bits per heavy atom. The third kappa shape index (κ3) is 4.79. The molecule has 1 amide bonds. The normalized spacial score (nSPS) is 20.3. The Bertz CT molecular complexity index is 881. The van der Waals surface area contributed by atoms with Gasteiger partial charge in [0.1, 0.15) is 5.69 Å². The largest absolute Gasteiger partial charge is 0.366 e. The molecule has 0 saturated carbocycles. The van der Waals surface area contributed by atoms with E-state index in [2.05, 4.69) is 34.5 Å². The van der Waals surface area contributed by atoms with Gasteiger partial charge in [-0.15, -0.1) is 0 Å². The predicted octanol–water partition coefficient (Wildman–Crippen LogP) is 3.20. The van der Waals surface area contributed by atoms with Crippen molar-refractivity contribution in [1.82, 2.24) is 10.2 Å². The molecule has 0 radical (unpaired) electrons. The minimum absolute atomic E-state index is 0.0211. The number of carbonyl (C=O) groups is 1. The van der Waals surface area contributed by atoms with E-state index in [1.54, 1.807) is 12.1 Å². The Kier molecular flexibility index (Phi) is 6.28. The number of anilines is 1. The number of likely N-dealkylation sites (tertiary alicyclic amines) is 1.